The van der Waals surface area contributed by atoms with Gasteiger partial charge in [-0.3, -0.25) is 0 Å². The van der Waals surface area contributed by atoms with Crippen LogP contribution in [0.15, 0.2) is 42.9 Å². The number of fused-ring (bicyclic) bond motifs is 1. The molecule has 3 saturated carbocycles. The van der Waals surface area contributed by atoms with Gasteiger partial charge in [0, 0.05) is 30.6 Å². The lowest BCUT2D eigenvalue weighted by Crippen LogP contribution is -2.68. The number of nitrogens with zero attached hydrogens (tertiary/aromatic N) is 5. The monoisotopic (exact) mass is 373 g/mol. The minimum atomic E-state index is 0.338. The summed E-state index contributed by atoms with van der Waals surface area (Å²) in [5.41, 5.74) is 3.26. The number of aryl methyl sites for hydroxylation is 2. The molecule has 3 aromatic rings. The van der Waals surface area contributed by atoms with E-state index in [0.717, 1.165) is 24.5 Å². The van der Waals surface area contributed by atoms with Crippen LogP contribution < -0.4 is 0 Å². The van der Waals surface area contributed by atoms with Crippen molar-refractivity contribution in [3.05, 3.63) is 65.8 Å². The molecule has 3 heterocycles. The second-order valence-electron chi connectivity index (χ2n) is 9.42. The Morgan fingerprint density at radius 3 is 2.68 bits per heavy atom. The molecule has 1 atom stereocenters. The summed E-state index contributed by atoms with van der Waals surface area (Å²) in [7, 11) is 0. The third-order valence-electron chi connectivity index (χ3n) is 7.28. The maximum atomic E-state index is 5.09. The van der Waals surface area contributed by atoms with Crippen molar-refractivity contribution in [3.63, 3.8) is 0 Å². The number of benzene rings is 1. The van der Waals surface area contributed by atoms with Crippen LogP contribution in [0.5, 0.6) is 0 Å². The summed E-state index contributed by atoms with van der Waals surface area (Å²) in [6.07, 6.45) is 12.6. The van der Waals surface area contributed by atoms with Crippen LogP contribution in [-0.4, -0.2) is 24.3 Å². The minimum Gasteiger partial charge on any atom is -0.331 e. The van der Waals surface area contributed by atoms with Gasteiger partial charge in [-0.2, -0.15) is 5.10 Å². The first kappa shape index (κ1) is 16.5. The van der Waals surface area contributed by atoms with Crippen molar-refractivity contribution >= 4 is 0 Å². The Bertz CT molecular complexity index is 995. The Morgan fingerprint density at radius 1 is 1.11 bits per heavy atom. The molecule has 0 saturated heterocycles. The van der Waals surface area contributed by atoms with Crippen molar-refractivity contribution in [2.45, 2.75) is 69.9 Å². The Morgan fingerprint density at radius 2 is 1.93 bits per heavy atom. The maximum absolute atomic E-state index is 5.09. The van der Waals surface area contributed by atoms with Crippen molar-refractivity contribution < 1.29 is 0 Å². The largest absolute Gasteiger partial charge is 0.331 e. The van der Waals surface area contributed by atoms with Crippen LogP contribution in [0.1, 0.15) is 67.3 Å². The van der Waals surface area contributed by atoms with Crippen LogP contribution in [0.4, 0.5) is 0 Å². The molecule has 7 rings (SSSR count). The number of imidazole rings is 1. The van der Waals surface area contributed by atoms with E-state index in [1.165, 1.54) is 49.9 Å². The summed E-state index contributed by atoms with van der Waals surface area (Å²) in [6, 6.07) is 10.9. The van der Waals surface area contributed by atoms with E-state index in [1.54, 1.807) is 0 Å². The van der Waals surface area contributed by atoms with E-state index in [-0.39, 0.29) is 0 Å². The molecule has 5 nitrogen and oxygen atoms in total. The van der Waals surface area contributed by atoms with E-state index < -0.39 is 0 Å². The first-order valence-corrected chi connectivity index (χ1v) is 10.6. The van der Waals surface area contributed by atoms with Crippen LogP contribution in [0.2, 0.25) is 0 Å². The van der Waals surface area contributed by atoms with Crippen LogP contribution in [0, 0.1) is 12.3 Å². The van der Waals surface area contributed by atoms with Gasteiger partial charge in [-0.05, 0) is 50.0 Å². The highest BCUT2D eigenvalue weighted by Crippen LogP contribution is 2.72. The van der Waals surface area contributed by atoms with Crippen LogP contribution in [-0.2, 0) is 18.5 Å². The van der Waals surface area contributed by atoms with Crippen molar-refractivity contribution in [1.29, 1.82) is 0 Å². The molecule has 1 unspecified atom stereocenters. The van der Waals surface area contributed by atoms with Gasteiger partial charge in [-0.25, -0.2) is 14.6 Å². The molecule has 1 aliphatic heterocycles. The van der Waals surface area contributed by atoms with Crippen LogP contribution >= 0.6 is 0 Å². The van der Waals surface area contributed by atoms with Gasteiger partial charge < -0.3 is 4.57 Å². The summed E-state index contributed by atoms with van der Waals surface area (Å²) >= 11 is 0. The Hall–Kier alpha value is -2.43. The third kappa shape index (κ3) is 2.41. The fourth-order valence-corrected chi connectivity index (χ4v) is 6.06. The molecule has 1 aromatic carbocycles. The molecule has 3 aliphatic carbocycles. The van der Waals surface area contributed by atoms with Gasteiger partial charge >= 0.3 is 0 Å². The van der Waals surface area contributed by atoms with Crippen LogP contribution in [0.3, 0.4) is 0 Å². The Balaban J connectivity index is 1.22. The molecule has 0 amide bonds. The second kappa shape index (κ2) is 5.79. The van der Waals surface area contributed by atoms with Crippen LogP contribution in [0.25, 0.3) is 0 Å². The molecule has 3 fully saturated rings. The summed E-state index contributed by atoms with van der Waals surface area (Å²) < 4.78 is 4.56. The number of rotatable bonds is 4. The van der Waals surface area contributed by atoms with Gasteiger partial charge in [-0.15, -0.1) is 0 Å². The molecule has 0 spiro atoms. The zero-order valence-corrected chi connectivity index (χ0v) is 16.5. The minimum absolute atomic E-state index is 0.338. The SMILES string of the molecule is Cc1cn(C23CC(Cc4nc5n(n4)CCCCC5c4ccccc4)(C2)C3)cn1. The molecule has 5 heteroatoms. The van der Waals surface area contributed by atoms with Gasteiger partial charge in [-0.1, -0.05) is 36.8 Å². The quantitative estimate of drug-likeness (QED) is 0.688. The lowest BCUT2D eigenvalue weighted by molar-refractivity contribution is -0.187. The lowest BCUT2D eigenvalue weighted by atomic mass is 9.38. The predicted molar refractivity (Wildman–Crippen MR) is 107 cm³/mol. The smallest absolute Gasteiger partial charge is 0.151 e. The van der Waals surface area contributed by atoms with E-state index in [4.69, 9.17) is 10.1 Å². The third-order valence-corrected chi connectivity index (χ3v) is 7.28. The maximum Gasteiger partial charge on any atom is 0.151 e. The van der Waals surface area contributed by atoms with Crippen molar-refractivity contribution in [1.82, 2.24) is 24.3 Å². The molecule has 28 heavy (non-hydrogen) atoms. The highest BCUT2D eigenvalue weighted by molar-refractivity contribution is 5.28. The van der Waals surface area contributed by atoms with Crippen molar-refractivity contribution in [3.8, 4) is 0 Å². The Kier molecular flexibility index (Phi) is 3.41. The highest BCUT2D eigenvalue weighted by Gasteiger charge is 2.68. The molecule has 0 N–H and O–H groups in total. The number of hydrogen-bond acceptors (Lipinski definition) is 3. The van der Waals surface area contributed by atoms with E-state index in [0.29, 0.717) is 16.9 Å². The summed E-state index contributed by atoms with van der Waals surface area (Å²) in [6.45, 7) is 3.08. The topological polar surface area (TPSA) is 48.5 Å². The van der Waals surface area contributed by atoms with Crippen molar-refractivity contribution in [2.24, 2.45) is 5.41 Å². The molecular formula is C23H27N5. The molecule has 144 valence electrons. The zero-order valence-electron chi connectivity index (χ0n) is 16.5. The van der Waals surface area contributed by atoms with E-state index in [1.807, 2.05) is 6.33 Å². The average molecular weight is 374 g/mol. The van der Waals surface area contributed by atoms with E-state index in [2.05, 4.69) is 57.7 Å². The van der Waals surface area contributed by atoms with Gasteiger partial charge in [0.15, 0.2) is 5.82 Å². The average Bonchev–Trinajstić information content (AvgIpc) is 3.19. The summed E-state index contributed by atoms with van der Waals surface area (Å²) in [5.74, 6) is 2.64. The first-order chi connectivity index (χ1) is 13.6. The molecule has 2 aromatic heterocycles. The summed E-state index contributed by atoms with van der Waals surface area (Å²) in [4.78, 5) is 9.51. The predicted octanol–water partition coefficient (Wildman–Crippen LogP) is 4.22. The number of aromatic nitrogens is 5. The fourth-order valence-electron chi connectivity index (χ4n) is 6.06. The van der Waals surface area contributed by atoms with Gasteiger partial charge in [0.1, 0.15) is 5.82 Å². The van der Waals surface area contributed by atoms with E-state index >= 15 is 0 Å². The van der Waals surface area contributed by atoms with Gasteiger partial charge in [0.25, 0.3) is 0 Å². The summed E-state index contributed by atoms with van der Waals surface area (Å²) in [5, 5.41) is 4.96. The zero-order chi connectivity index (χ0) is 18.8. The van der Waals surface area contributed by atoms with Gasteiger partial charge in [0.05, 0.1) is 12.0 Å². The molecule has 2 bridgehead atoms. The second-order valence-corrected chi connectivity index (χ2v) is 9.42. The Labute approximate surface area is 165 Å². The number of hydrogen-bond donors (Lipinski definition) is 0. The van der Waals surface area contributed by atoms with E-state index in [9.17, 15) is 0 Å². The molecule has 4 aliphatic rings. The normalized spacial score (nSPS) is 30.8. The highest BCUT2D eigenvalue weighted by atomic mass is 15.4. The van der Waals surface area contributed by atoms with Gasteiger partial charge in [0.2, 0.25) is 0 Å². The molecular weight excluding hydrogens is 346 g/mol. The standard InChI is InChI=1S/C23H27N5/c1-17-12-27(16-24-17)23-13-22(14-23,15-23)11-20-25-21-19(18-7-3-2-4-8-18)9-5-6-10-28(21)26-20/h2-4,7-8,12,16,19H,5-6,9-11,13-15H2,1H3. The first-order valence-electron chi connectivity index (χ1n) is 10.6. The molecule has 0 radical (unpaired) electrons. The van der Waals surface area contributed by atoms with Crippen molar-refractivity contribution in [2.75, 3.05) is 0 Å². The fraction of sp³-hybridized carbons (Fsp3) is 0.522. The lowest BCUT2D eigenvalue weighted by Gasteiger charge is -2.71.